The van der Waals surface area contributed by atoms with E-state index in [9.17, 15) is 8.42 Å². The Morgan fingerprint density at radius 3 is 2.52 bits per heavy atom. The lowest BCUT2D eigenvalue weighted by Crippen LogP contribution is -2.53. The lowest BCUT2D eigenvalue weighted by Gasteiger charge is -2.40. The number of para-hydroxylation sites is 1. The van der Waals surface area contributed by atoms with E-state index in [1.165, 1.54) is 17.5 Å². The highest BCUT2D eigenvalue weighted by Gasteiger charge is 2.31. The summed E-state index contributed by atoms with van der Waals surface area (Å²) in [7, 11) is -3.15. The van der Waals surface area contributed by atoms with E-state index in [2.05, 4.69) is 22.9 Å². The third-order valence-corrected chi connectivity index (χ3v) is 6.05. The third kappa shape index (κ3) is 2.93. The zero-order chi connectivity index (χ0) is 16.8. The molecule has 1 aliphatic rings. The molecule has 0 amide bonds. The van der Waals surface area contributed by atoms with Gasteiger partial charge in [-0.3, -0.25) is 4.98 Å². The molecule has 0 unspecified atom stereocenters. The highest BCUT2D eigenvalue weighted by Crippen LogP contribution is 2.32. The van der Waals surface area contributed by atoms with Gasteiger partial charge in [0.1, 0.15) is 0 Å². The molecule has 0 radical (unpaired) electrons. The van der Waals surface area contributed by atoms with E-state index < -0.39 is 10.0 Å². The molecular formula is C17H23N3O2S. The maximum Gasteiger partial charge on any atom is 0.211 e. The third-order valence-electron chi connectivity index (χ3n) is 4.65. The highest BCUT2D eigenvalue weighted by molar-refractivity contribution is 7.88. The molecule has 2 heterocycles. The minimum Gasteiger partial charge on any atom is -0.368 e. The van der Waals surface area contributed by atoms with Crippen LogP contribution in [0.1, 0.15) is 18.2 Å². The lowest BCUT2D eigenvalue weighted by molar-refractivity contribution is 0.309. The van der Waals surface area contributed by atoms with Gasteiger partial charge >= 0.3 is 0 Å². The first-order chi connectivity index (χ1) is 10.8. The van der Waals surface area contributed by atoms with Crippen molar-refractivity contribution in [2.45, 2.75) is 26.8 Å². The van der Waals surface area contributed by atoms with E-state index in [4.69, 9.17) is 0 Å². The van der Waals surface area contributed by atoms with Crippen LogP contribution in [0.4, 0.5) is 5.69 Å². The molecule has 1 atom stereocenters. The van der Waals surface area contributed by atoms with Crippen LogP contribution in [0.2, 0.25) is 0 Å². The molecule has 1 aromatic heterocycles. The molecule has 0 saturated carbocycles. The van der Waals surface area contributed by atoms with Crippen LogP contribution in [-0.4, -0.2) is 49.6 Å². The van der Waals surface area contributed by atoms with Crippen molar-refractivity contribution in [2.24, 2.45) is 0 Å². The fourth-order valence-electron chi connectivity index (χ4n) is 3.45. The maximum absolute atomic E-state index is 11.9. The first-order valence-corrected chi connectivity index (χ1v) is 9.71. The number of anilines is 1. The molecule has 0 bridgehead atoms. The van der Waals surface area contributed by atoms with Crippen molar-refractivity contribution in [1.29, 1.82) is 0 Å². The zero-order valence-corrected chi connectivity index (χ0v) is 14.9. The Morgan fingerprint density at radius 2 is 1.87 bits per heavy atom. The number of sulfonamides is 1. The summed E-state index contributed by atoms with van der Waals surface area (Å²) < 4.78 is 25.3. The maximum atomic E-state index is 11.9. The van der Waals surface area contributed by atoms with Gasteiger partial charge in [0.15, 0.2) is 0 Å². The van der Waals surface area contributed by atoms with Gasteiger partial charge in [-0.2, -0.15) is 4.31 Å². The Kier molecular flexibility index (Phi) is 4.06. The van der Waals surface area contributed by atoms with Gasteiger partial charge in [0.25, 0.3) is 0 Å². The second-order valence-corrected chi connectivity index (χ2v) is 8.29. The zero-order valence-electron chi connectivity index (χ0n) is 14.1. The Labute approximate surface area is 138 Å². The van der Waals surface area contributed by atoms with Crippen molar-refractivity contribution in [3.8, 4) is 0 Å². The van der Waals surface area contributed by atoms with E-state index in [0.717, 1.165) is 16.6 Å². The van der Waals surface area contributed by atoms with Gasteiger partial charge in [0.2, 0.25) is 10.0 Å². The number of hydrogen-bond acceptors (Lipinski definition) is 4. The van der Waals surface area contributed by atoms with Crippen LogP contribution in [0, 0.1) is 13.8 Å². The summed E-state index contributed by atoms with van der Waals surface area (Å²) in [5, 5.41) is 1.13. The molecular weight excluding hydrogens is 310 g/mol. The SMILES string of the molecule is Cc1nc2ccccc2c(N2CCN(S(C)(=O)=O)[C@H](C)C2)c1C. The summed E-state index contributed by atoms with van der Waals surface area (Å²) in [5.41, 5.74) is 4.37. The topological polar surface area (TPSA) is 53.5 Å². The number of aromatic nitrogens is 1. The second-order valence-electron chi connectivity index (χ2n) is 6.36. The number of aryl methyl sites for hydroxylation is 1. The molecule has 5 nitrogen and oxygen atoms in total. The van der Waals surface area contributed by atoms with Crippen molar-refractivity contribution in [3.05, 3.63) is 35.5 Å². The average Bonchev–Trinajstić information content (AvgIpc) is 2.47. The molecule has 2 aromatic rings. The number of hydrogen-bond donors (Lipinski definition) is 0. The van der Waals surface area contributed by atoms with Crippen LogP contribution in [-0.2, 0) is 10.0 Å². The van der Waals surface area contributed by atoms with Crippen LogP contribution in [0.25, 0.3) is 10.9 Å². The highest BCUT2D eigenvalue weighted by atomic mass is 32.2. The number of piperazine rings is 1. The first kappa shape index (κ1) is 16.2. The van der Waals surface area contributed by atoms with Crippen LogP contribution in [0.5, 0.6) is 0 Å². The smallest absolute Gasteiger partial charge is 0.211 e. The number of benzene rings is 1. The minimum absolute atomic E-state index is 0.0367. The summed E-state index contributed by atoms with van der Waals surface area (Å²) >= 11 is 0. The molecule has 23 heavy (non-hydrogen) atoms. The van der Waals surface area contributed by atoms with E-state index in [0.29, 0.717) is 19.6 Å². The van der Waals surface area contributed by atoms with Gasteiger partial charge < -0.3 is 4.90 Å². The molecule has 0 spiro atoms. The normalized spacial score (nSPS) is 20.2. The predicted molar refractivity (Wildman–Crippen MR) is 94.4 cm³/mol. The summed E-state index contributed by atoms with van der Waals surface area (Å²) in [6.45, 7) is 8.01. The van der Waals surface area contributed by atoms with Gasteiger partial charge in [-0.25, -0.2) is 8.42 Å². The Bertz CT molecular complexity index is 848. The Morgan fingerprint density at radius 1 is 1.17 bits per heavy atom. The largest absolute Gasteiger partial charge is 0.368 e. The summed E-state index contributed by atoms with van der Waals surface area (Å²) in [5.74, 6) is 0. The van der Waals surface area contributed by atoms with Crippen LogP contribution >= 0.6 is 0 Å². The van der Waals surface area contributed by atoms with E-state index in [-0.39, 0.29) is 6.04 Å². The molecule has 1 fully saturated rings. The van der Waals surface area contributed by atoms with Gasteiger partial charge in [-0.05, 0) is 32.4 Å². The fourth-order valence-corrected chi connectivity index (χ4v) is 4.59. The predicted octanol–water partition coefficient (Wildman–Crippen LogP) is 2.32. The lowest BCUT2D eigenvalue weighted by atomic mass is 10.0. The summed E-state index contributed by atoms with van der Waals surface area (Å²) in [4.78, 5) is 6.98. The second kappa shape index (κ2) is 5.76. The van der Waals surface area contributed by atoms with Crippen molar-refractivity contribution >= 4 is 26.6 Å². The van der Waals surface area contributed by atoms with Crippen molar-refractivity contribution in [1.82, 2.24) is 9.29 Å². The van der Waals surface area contributed by atoms with Crippen molar-refractivity contribution < 1.29 is 8.42 Å². The minimum atomic E-state index is -3.15. The Hall–Kier alpha value is -1.66. The molecule has 3 rings (SSSR count). The average molecular weight is 333 g/mol. The summed E-state index contributed by atoms with van der Waals surface area (Å²) in [6.07, 6.45) is 1.29. The van der Waals surface area contributed by atoms with Gasteiger partial charge in [-0.1, -0.05) is 18.2 Å². The van der Waals surface area contributed by atoms with Crippen LogP contribution < -0.4 is 4.90 Å². The van der Waals surface area contributed by atoms with E-state index in [1.807, 2.05) is 32.0 Å². The molecule has 0 aliphatic carbocycles. The van der Waals surface area contributed by atoms with Crippen LogP contribution in [0.15, 0.2) is 24.3 Å². The molecule has 1 saturated heterocycles. The molecule has 0 N–H and O–H groups in total. The van der Waals surface area contributed by atoms with Gasteiger partial charge in [-0.15, -0.1) is 0 Å². The number of rotatable bonds is 2. The number of fused-ring (bicyclic) bond motifs is 1. The fraction of sp³-hybridized carbons (Fsp3) is 0.471. The van der Waals surface area contributed by atoms with Gasteiger partial charge in [0.05, 0.1) is 17.5 Å². The van der Waals surface area contributed by atoms with Gasteiger partial charge in [0, 0.05) is 36.8 Å². The monoisotopic (exact) mass is 333 g/mol. The number of nitrogens with zero attached hydrogens (tertiary/aromatic N) is 3. The number of pyridine rings is 1. The molecule has 1 aliphatic heterocycles. The Balaban J connectivity index is 2.04. The van der Waals surface area contributed by atoms with Crippen molar-refractivity contribution in [2.75, 3.05) is 30.8 Å². The molecule has 6 heteroatoms. The first-order valence-electron chi connectivity index (χ1n) is 7.86. The molecule has 124 valence electrons. The van der Waals surface area contributed by atoms with E-state index in [1.54, 1.807) is 4.31 Å². The summed E-state index contributed by atoms with van der Waals surface area (Å²) in [6, 6.07) is 8.11. The molecule has 1 aromatic carbocycles. The quantitative estimate of drug-likeness (QED) is 0.846. The van der Waals surface area contributed by atoms with Crippen molar-refractivity contribution in [3.63, 3.8) is 0 Å². The standard InChI is InChI=1S/C17H23N3O2S/c1-12-11-19(9-10-20(12)23(4,21)22)17-13(2)14(3)18-16-8-6-5-7-15(16)17/h5-8,12H,9-11H2,1-4H3/t12-/m1/s1. The van der Waals surface area contributed by atoms with E-state index >= 15 is 0 Å². The van der Waals surface area contributed by atoms with Crippen LogP contribution in [0.3, 0.4) is 0 Å².